The van der Waals surface area contributed by atoms with Crippen LogP contribution in [0.3, 0.4) is 0 Å². The van der Waals surface area contributed by atoms with Crippen LogP contribution in [0.15, 0.2) is 52.3 Å². The summed E-state index contributed by atoms with van der Waals surface area (Å²) >= 11 is 5.89. The Kier molecular flexibility index (Phi) is 6.69. The van der Waals surface area contributed by atoms with Gasteiger partial charge in [-0.15, -0.1) is 0 Å². The van der Waals surface area contributed by atoms with Gasteiger partial charge in [0.15, 0.2) is 0 Å². The summed E-state index contributed by atoms with van der Waals surface area (Å²) in [6.45, 7) is 3.11. The maximum atomic E-state index is 12.9. The normalized spacial score (nSPS) is 15.8. The molecule has 1 aliphatic heterocycles. The summed E-state index contributed by atoms with van der Waals surface area (Å²) in [7, 11) is -7.81. The molecule has 2 aromatic carbocycles. The van der Waals surface area contributed by atoms with E-state index in [1.54, 1.807) is 13.0 Å². The number of ether oxygens (including phenoxy) is 2. The predicted molar refractivity (Wildman–Crippen MR) is 109 cm³/mol. The molecule has 0 radical (unpaired) electrons. The lowest BCUT2D eigenvalue weighted by Gasteiger charge is -2.26. The van der Waals surface area contributed by atoms with E-state index in [-0.39, 0.29) is 45.9 Å². The molecule has 0 aromatic heterocycles. The highest BCUT2D eigenvalue weighted by atomic mass is 35.5. The molecule has 1 heterocycles. The third kappa shape index (κ3) is 5.01. The molecule has 0 aliphatic carbocycles. The Morgan fingerprint density at radius 2 is 1.79 bits per heavy atom. The number of nitrogens with one attached hydrogen (secondary N) is 1. The molecule has 0 saturated carbocycles. The zero-order valence-corrected chi connectivity index (χ0v) is 18.1. The molecule has 0 bridgehead atoms. The lowest BCUT2D eigenvalue weighted by molar-refractivity contribution is 0.0730. The molecular formula is C18H21ClN2O6S2. The van der Waals surface area contributed by atoms with E-state index >= 15 is 0 Å². The fourth-order valence-corrected chi connectivity index (χ4v) is 5.60. The van der Waals surface area contributed by atoms with Gasteiger partial charge in [0, 0.05) is 18.1 Å². The fourth-order valence-electron chi connectivity index (χ4n) is 2.80. The first-order valence-electron chi connectivity index (χ1n) is 8.87. The quantitative estimate of drug-likeness (QED) is 0.681. The van der Waals surface area contributed by atoms with Crippen molar-refractivity contribution in [1.29, 1.82) is 0 Å². The van der Waals surface area contributed by atoms with Crippen LogP contribution in [0.2, 0.25) is 5.02 Å². The molecule has 1 aliphatic rings. The minimum Gasteiger partial charge on any atom is -0.492 e. The molecular weight excluding hydrogens is 440 g/mol. The van der Waals surface area contributed by atoms with Crippen LogP contribution in [-0.2, 0) is 24.8 Å². The number of rotatable bonds is 7. The van der Waals surface area contributed by atoms with Crippen LogP contribution < -0.4 is 9.46 Å². The second-order valence-corrected chi connectivity index (χ2v) is 10.2. The Balaban J connectivity index is 1.99. The van der Waals surface area contributed by atoms with Crippen molar-refractivity contribution in [2.75, 3.05) is 37.6 Å². The fraction of sp³-hybridized carbons (Fsp3) is 0.333. The first-order valence-corrected chi connectivity index (χ1v) is 12.2. The molecule has 1 fully saturated rings. The van der Waals surface area contributed by atoms with Crippen LogP contribution in [0.25, 0.3) is 0 Å². The summed E-state index contributed by atoms with van der Waals surface area (Å²) in [6.07, 6.45) is 0. The number of morpholine rings is 1. The molecule has 1 saturated heterocycles. The molecule has 8 nitrogen and oxygen atoms in total. The Bertz CT molecular complexity index is 1080. The first kappa shape index (κ1) is 21.8. The summed E-state index contributed by atoms with van der Waals surface area (Å²) in [6, 6.07) is 9.86. The van der Waals surface area contributed by atoms with Gasteiger partial charge in [-0.2, -0.15) is 4.31 Å². The van der Waals surface area contributed by atoms with Crippen LogP contribution in [-0.4, -0.2) is 54.1 Å². The smallest absolute Gasteiger partial charge is 0.262 e. The van der Waals surface area contributed by atoms with Crippen molar-refractivity contribution in [2.24, 2.45) is 0 Å². The van der Waals surface area contributed by atoms with Crippen LogP contribution >= 0.6 is 11.6 Å². The van der Waals surface area contributed by atoms with E-state index in [9.17, 15) is 16.8 Å². The van der Waals surface area contributed by atoms with Crippen LogP contribution in [0.1, 0.15) is 6.92 Å². The van der Waals surface area contributed by atoms with E-state index < -0.39 is 20.0 Å². The zero-order chi connectivity index (χ0) is 21.1. The Morgan fingerprint density at radius 3 is 2.45 bits per heavy atom. The van der Waals surface area contributed by atoms with Crippen molar-refractivity contribution >= 4 is 37.3 Å². The molecule has 11 heteroatoms. The number of nitrogens with zero attached hydrogens (tertiary/aromatic N) is 1. The minimum absolute atomic E-state index is 0.0289. The number of hydrogen-bond acceptors (Lipinski definition) is 6. The third-order valence-corrected chi connectivity index (χ3v) is 7.70. The molecule has 158 valence electrons. The van der Waals surface area contributed by atoms with Crippen molar-refractivity contribution in [1.82, 2.24) is 4.31 Å². The average Bonchev–Trinajstić information content (AvgIpc) is 2.70. The second-order valence-electron chi connectivity index (χ2n) is 6.17. The third-order valence-electron chi connectivity index (χ3n) is 4.21. The maximum absolute atomic E-state index is 12.9. The standard InChI is InChI=1S/C18H21ClN2O6S2/c1-2-27-18-7-6-16(29(24,25)21-8-10-26-11-9-21)13-17(18)20-28(22,23)15-5-3-4-14(19)12-15/h3-7,12-13,20H,2,8-11H2,1H3. The van der Waals surface area contributed by atoms with Gasteiger partial charge in [0.05, 0.1) is 35.3 Å². The SMILES string of the molecule is CCOc1ccc(S(=O)(=O)N2CCOCC2)cc1NS(=O)(=O)c1cccc(Cl)c1. The highest BCUT2D eigenvalue weighted by molar-refractivity contribution is 7.92. The van der Waals surface area contributed by atoms with Crippen LogP contribution in [0.5, 0.6) is 5.75 Å². The minimum atomic E-state index is -4.01. The monoisotopic (exact) mass is 460 g/mol. The lowest BCUT2D eigenvalue weighted by Crippen LogP contribution is -2.40. The summed E-state index contributed by atoms with van der Waals surface area (Å²) in [5.74, 6) is 0.221. The summed E-state index contributed by atoms with van der Waals surface area (Å²) in [5, 5.41) is 0.265. The van der Waals surface area contributed by atoms with Crippen molar-refractivity contribution in [3.05, 3.63) is 47.5 Å². The van der Waals surface area contributed by atoms with E-state index in [1.807, 2.05) is 0 Å². The molecule has 29 heavy (non-hydrogen) atoms. The van der Waals surface area contributed by atoms with Crippen molar-refractivity contribution in [3.8, 4) is 5.75 Å². The van der Waals surface area contributed by atoms with E-state index in [0.717, 1.165) is 0 Å². The zero-order valence-electron chi connectivity index (χ0n) is 15.7. The summed E-state index contributed by atoms with van der Waals surface area (Å²) in [5.41, 5.74) is 0.0289. The molecule has 1 N–H and O–H groups in total. The van der Waals surface area contributed by atoms with E-state index in [0.29, 0.717) is 13.2 Å². The molecule has 0 spiro atoms. The second kappa shape index (κ2) is 8.88. The highest BCUT2D eigenvalue weighted by Crippen LogP contribution is 2.31. The van der Waals surface area contributed by atoms with Gasteiger partial charge in [-0.05, 0) is 43.3 Å². The Morgan fingerprint density at radius 1 is 1.07 bits per heavy atom. The van der Waals surface area contributed by atoms with Crippen molar-refractivity contribution < 1.29 is 26.3 Å². The lowest BCUT2D eigenvalue weighted by atomic mass is 10.3. The predicted octanol–water partition coefficient (Wildman–Crippen LogP) is 2.56. The van der Waals surface area contributed by atoms with Crippen molar-refractivity contribution in [3.63, 3.8) is 0 Å². The summed E-state index contributed by atoms with van der Waals surface area (Å²) in [4.78, 5) is -0.0828. The van der Waals surface area contributed by atoms with Gasteiger partial charge in [0.2, 0.25) is 10.0 Å². The Labute approximate surface area is 175 Å². The van der Waals surface area contributed by atoms with Gasteiger partial charge >= 0.3 is 0 Å². The van der Waals surface area contributed by atoms with Gasteiger partial charge in [-0.3, -0.25) is 4.72 Å². The highest BCUT2D eigenvalue weighted by Gasteiger charge is 2.28. The molecule has 3 rings (SSSR count). The molecule has 0 unspecified atom stereocenters. The Hall–Kier alpha value is -1.85. The van der Waals surface area contributed by atoms with Gasteiger partial charge in [0.25, 0.3) is 10.0 Å². The van der Waals surface area contributed by atoms with Gasteiger partial charge in [-0.25, -0.2) is 16.8 Å². The number of halogens is 1. The number of benzene rings is 2. The van der Waals surface area contributed by atoms with Crippen molar-refractivity contribution in [2.45, 2.75) is 16.7 Å². The number of hydrogen-bond donors (Lipinski definition) is 1. The molecule has 0 atom stereocenters. The topological polar surface area (TPSA) is 102 Å². The number of anilines is 1. The van der Waals surface area contributed by atoms with Crippen LogP contribution in [0.4, 0.5) is 5.69 Å². The van der Waals surface area contributed by atoms with E-state index in [4.69, 9.17) is 21.1 Å². The van der Waals surface area contributed by atoms with E-state index in [1.165, 1.54) is 40.7 Å². The van der Waals surface area contributed by atoms with Gasteiger partial charge < -0.3 is 9.47 Å². The first-order chi connectivity index (χ1) is 13.7. The maximum Gasteiger partial charge on any atom is 0.262 e. The summed E-state index contributed by atoms with van der Waals surface area (Å²) < 4.78 is 65.8. The molecule has 0 amide bonds. The van der Waals surface area contributed by atoms with Crippen LogP contribution in [0, 0.1) is 0 Å². The number of sulfonamides is 2. The average molecular weight is 461 g/mol. The largest absolute Gasteiger partial charge is 0.492 e. The van der Waals surface area contributed by atoms with Gasteiger partial charge in [-0.1, -0.05) is 17.7 Å². The molecule has 2 aromatic rings. The van der Waals surface area contributed by atoms with E-state index in [2.05, 4.69) is 4.72 Å². The van der Waals surface area contributed by atoms with Gasteiger partial charge in [0.1, 0.15) is 5.75 Å².